The predicted molar refractivity (Wildman–Crippen MR) is 136 cm³/mol. The van der Waals surface area contributed by atoms with E-state index in [1.54, 1.807) is 55.2 Å². The Morgan fingerprint density at radius 3 is 2.57 bits per heavy atom. The Hall–Kier alpha value is -3.66. The van der Waals surface area contributed by atoms with Gasteiger partial charge in [-0.25, -0.2) is 0 Å². The smallest absolute Gasteiger partial charge is 0.344 e. The Labute approximate surface area is 208 Å². The van der Waals surface area contributed by atoms with Crippen LogP contribution in [0.3, 0.4) is 0 Å². The lowest BCUT2D eigenvalue weighted by Gasteiger charge is -2.14. The molecular formula is C25H19ClN6O2S. The van der Waals surface area contributed by atoms with Crippen molar-refractivity contribution in [3.8, 4) is 22.4 Å². The van der Waals surface area contributed by atoms with E-state index < -0.39 is 11.2 Å². The fourth-order valence-electron chi connectivity index (χ4n) is 3.87. The number of nitrogens with zero attached hydrogens (tertiary/aromatic N) is 6. The molecule has 10 heteroatoms. The maximum absolute atomic E-state index is 13.8. The average molecular weight is 503 g/mol. The fraction of sp³-hybridized carbons (Fsp3) is 0.120. The van der Waals surface area contributed by atoms with Crippen LogP contribution in [-0.4, -0.2) is 40.3 Å². The zero-order chi connectivity index (χ0) is 24.5. The van der Waals surface area contributed by atoms with E-state index in [9.17, 15) is 9.35 Å². The van der Waals surface area contributed by atoms with E-state index >= 15 is 0 Å². The van der Waals surface area contributed by atoms with E-state index in [-0.39, 0.29) is 17.3 Å². The number of rotatable bonds is 5. The molecule has 0 radical (unpaired) electrons. The largest absolute Gasteiger partial charge is 0.609 e. The van der Waals surface area contributed by atoms with E-state index in [1.807, 2.05) is 19.1 Å². The summed E-state index contributed by atoms with van der Waals surface area (Å²) in [6.07, 6.45) is 9.70. The third-order valence-electron chi connectivity index (χ3n) is 5.54. The molecule has 0 saturated heterocycles. The summed E-state index contributed by atoms with van der Waals surface area (Å²) in [5.74, 6) is 0. The van der Waals surface area contributed by atoms with Crippen LogP contribution >= 0.6 is 11.6 Å². The Kier molecular flexibility index (Phi) is 6.29. The molecule has 0 bridgehead atoms. The first-order chi connectivity index (χ1) is 16.9. The molecule has 0 spiro atoms. The van der Waals surface area contributed by atoms with Gasteiger partial charge in [-0.05, 0) is 30.7 Å². The number of hydrogen-bond acceptors (Lipinski definition) is 7. The second kappa shape index (κ2) is 9.53. The molecule has 174 valence electrons. The Balaban J connectivity index is 1.70. The second-order valence-corrected chi connectivity index (χ2v) is 9.56. The molecule has 8 nitrogen and oxygen atoms in total. The summed E-state index contributed by atoms with van der Waals surface area (Å²) in [5, 5.41) is 1.19. The molecule has 5 aromatic rings. The standard InChI is InChI=1S/C25H19ClN6O2S/c1-15-22(29-9-8-28-15)17-5-6-19(21(26)11-17)20-10-18-13-30-25(35(2)34)31-23(18)32(24(20)33)14-16-4-3-7-27-12-16/h3-13H,14H2,1-2H3. The minimum absolute atomic E-state index is 0.159. The Morgan fingerprint density at radius 1 is 1.03 bits per heavy atom. The van der Waals surface area contributed by atoms with E-state index in [2.05, 4.69) is 24.9 Å². The van der Waals surface area contributed by atoms with E-state index in [1.165, 1.54) is 10.8 Å². The van der Waals surface area contributed by atoms with Crippen molar-refractivity contribution in [1.82, 2.24) is 29.5 Å². The number of halogens is 1. The number of aryl methyl sites for hydroxylation is 1. The predicted octanol–water partition coefficient (Wildman–Crippen LogP) is 4.06. The third-order valence-corrected chi connectivity index (χ3v) is 6.56. The molecule has 0 aliphatic carbocycles. The summed E-state index contributed by atoms with van der Waals surface area (Å²) < 4.78 is 13.5. The SMILES string of the molecule is Cc1nccnc1-c1ccc(-c2cc3cnc([S+](C)[O-])nc3n(Cc3cccnc3)c2=O)c(Cl)c1. The zero-order valence-corrected chi connectivity index (χ0v) is 20.4. The monoisotopic (exact) mass is 502 g/mol. The van der Waals surface area contributed by atoms with Crippen molar-refractivity contribution < 1.29 is 4.55 Å². The van der Waals surface area contributed by atoms with Crippen LogP contribution < -0.4 is 5.56 Å². The summed E-state index contributed by atoms with van der Waals surface area (Å²) >= 11 is 5.29. The molecule has 0 amide bonds. The number of hydrogen-bond donors (Lipinski definition) is 0. The minimum Gasteiger partial charge on any atom is -0.609 e. The van der Waals surface area contributed by atoms with Gasteiger partial charge < -0.3 is 4.55 Å². The number of pyridine rings is 2. The Bertz CT molecular complexity index is 1610. The number of aromatic nitrogens is 6. The first kappa shape index (κ1) is 23.1. The summed E-state index contributed by atoms with van der Waals surface area (Å²) in [4.78, 5) is 35.2. The maximum Gasteiger partial charge on any atom is 0.344 e. The number of benzene rings is 1. The molecule has 5 rings (SSSR count). The van der Waals surface area contributed by atoms with E-state index in [0.717, 1.165) is 22.5 Å². The van der Waals surface area contributed by atoms with Crippen molar-refractivity contribution in [3.63, 3.8) is 0 Å². The molecule has 0 aliphatic heterocycles. The van der Waals surface area contributed by atoms with Gasteiger partial charge in [-0.2, -0.15) is 9.97 Å². The maximum atomic E-state index is 13.8. The van der Waals surface area contributed by atoms with Crippen LogP contribution in [0, 0.1) is 6.92 Å². The highest BCUT2D eigenvalue weighted by atomic mass is 35.5. The highest BCUT2D eigenvalue weighted by Crippen LogP contribution is 2.32. The molecule has 1 atom stereocenters. The van der Waals surface area contributed by atoms with Crippen molar-refractivity contribution in [1.29, 1.82) is 0 Å². The fourth-order valence-corrected chi connectivity index (χ4v) is 4.57. The van der Waals surface area contributed by atoms with E-state index in [4.69, 9.17) is 11.6 Å². The lowest BCUT2D eigenvalue weighted by atomic mass is 10.0. The quantitative estimate of drug-likeness (QED) is 0.263. The van der Waals surface area contributed by atoms with Gasteiger partial charge in [-0.15, -0.1) is 0 Å². The number of fused-ring (bicyclic) bond motifs is 1. The van der Waals surface area contributed by atoms with Gasteiger partial charge in [0.05, 0.1) is 17.9 Å². The van der Waals surface area contributed by atoms with Crippen LogP contribution in [0.4, 0.5) is 0 Å². The van der Waals surface area contributed by atoms with Crippen molar-refractivity contribution >= 4 is 33.8 Å². The van der Waals surface area contributed by atoms with Gasteiger partial charge in [0.25, 0.3) is 5.56 Å². The second-order valence-electron chi connectivity index (χ2n) is 7.88. The van der Waals surface area contributed by atoms with Crippen LogP contribution in [0.1, 0.15) is 11.3 Å². The van der Waals surface area contributed by atoms with Crippen LogP contribution in [0.5, 0.6) is 0 Å². The van der Waals surface area contributed by atoms with Gasteiger partial charge in [0.15, 0.2) is 5.65 Å². The third kappa shape index (κ3) is 4.53. The van der Waals surface area contributed by atoms with Crippen molar-refractivity contribution in [3.05, 3.63) is 94.0 Å². The average Bonchev–Trinajstić information content (AvgIpc) is 2.86. The van der Waals surface area contributed by atoms with Gasteiger partial charge in [0.1, 0.15) is 6.26 Å². The first-order valence-electron chi connectivity index (χ1n) is 10.6. The van der Waals surface area contributed by atoms with Crippen LogP contribution in [0.25, 0.3) is 33.4 Å². The Morgan fingerprint density at radius 2 is 1.86 bits per heavy atom. The lowest BCUT2D eigenvalue weighted by Crippen LogP contribution is -2.24. The topological polar surface area (TPSA) is 110 Å². The van der Waals surface area contributed by atoms with Crippen molar-refractivity contribution in [2.75, 3.05) is 6.26 Å². The van der Waals surface area contributed by atoms with Crippen LogP contribution in [-0.2, 0) is 17.7 Å². The summed E-state index contributed by atoms with van der Waals surface area (Å²) in [6.45, 7) is 2.11. The van der Waals surface area contributed by atoms with Crippen LogP contribution in [0.15, 0.2) is 77.3 Å². The van der Waals surface area contributed by atoms with Gasteiger partial charge in [0.2, 0.25) is 0 Å². The lowest BCUT2D eigenvalue weighted by molar-refractivity contribution is 0.592. The molecular weight excluding hydrogens is 484 g/mol. The van der Waals surface area contributed by atoms with Crippen molar-refractivity contribution in [2.45, 2.75) is 18.6 Å². The molecule has 0 N–H and O–H groups in total. The van der Waals surface area contributed by atoms with Crippen LogP contribution in [0.2, 0.25) is 5.02 Å². The molecule has 4 aromatic heterocycles. The highest BCUT2D eigenvalue weighted by Gasteiger charge is 2.19. The van der Waals surface area contributed by atoms with Gasteiger partial charge in [-0.3, -0.25) is 24.3 Å². The molecule has 0 saturated carbocycles. The summed E-state index contributed by atoms with van der Waals surface area (Å²) in [6, 6.07) is 10.9. The first-order valence-corrected chi connectivity index (χ1v) is 12.6. The molecule has 1 aromatic carbocycles. The molecule has 0 fully saturated rings. The normalized spacial score (nSPS) is 12.1. The zero-order valence-electron chi connectivity index (χ0n) is 18.8. The molecule has 0 aliphatic rings. The summed E-state index contributed by atoms with van der Waals surface area (Å²) in [5.41, 5.74) is 4.23. The van der Waals surface area contributed by atoms with Crippen molar-refractivity contribution in [2.24, 2.45) is 0 Å². The molecule has 35 heavy (non-hydrogen) atoms. The molecule has 4 heterocycles. The minimum atomic E-state index is -1.40. The highest BCUT2D eigenvalue weighted by molar-refractivity contribution is 7.90. The van der Waals surface area contributed by atoms with Gasteiger partial charge in [0, 0.05) is 69.3 Å². The molecule has 1 unspecified atom stereocenters. The van der Waals surface area contributed by atoms with Gasteiger partial charge >= 0.3 is 5.16 Å². The van der Waals surface area contributed by atoms with E-state index in [0.29, 0.717) is 27.2 Å². The van der Waals surface area contributed by atoms with Gasteiger partial charge in [-0.1, -0.05) is 29.8 Å². The summed E-state index contributed by atoms with van der Waals surface area (Å²) in [7, 11) is 0.